The number of hydrogen-bond donors (Lipinski definition) is 1. The van der Waals surface area contributed by atoms with Crippen molar-refractivity contribution in [1.82, 2.24) is 10.2 Å². The summed E-state index contributed by atoms with van der Waals surface area (Å²) in [4.78, 5) is 29.0. The fourth-order valence-electron chi connectivity index (χ4n) is 4.01. The average Bonchev–Trinajstić information content (AvgIpc) is 2.86. The number of carbonyl (C=O) groups is 2. The summed E-state index contributed by atoms with van der Waals surface area (Å²) in [6, 6.07) is 27.5. The minimum atomic E-state index is -0.584. The van der Waals surface area contributed by atoms with E-state index in [2.05, 4.69) is 5.32 Å². The van der Waals surface area contributed by atoms with Crippen LogP contribution < -0.4 is 5.32 Å². The third-order valence-corrected chi connectivity index (χ3v) is 6.34. The molecule has 0 spiro atoms. The normalized spacial score (nSPS) is 12.6. The highest BCUT2D eigenvalue weighted by Crippen LogP contribution is 2.19. The smallest absolute Gasteiger partial charge is 0.243 e. The quantitative estimate of drug-likeness (QED) is 0.415. The van der Waals surface area contributed by atoms with Gasteiger partial charge >= 0.3 is 0 Å². The van der Waals surface area contributed by atoms with Crippen LogP contribution in [-0.4, -0.2) is 28.8 Å². The van der Waals surface area contributed by atoms with E-state index in [1.165, 1.54) is 0 Å². The Morgan fingerprint density at radius 3 is 2.06 bits per heavy atom. The van der Waals surface area contributed by atoms with Gasteiger partial charge in [0.2, 0.25) is 11.8 Å². The van der Waals surface area contributed by atoms with Gasteiger partial charge in [0.05, 0.1) is 0 Å². The Bertz CT molecular complexity index is 1050. The number of hydrogen-bond acceptors (Lipinski definition) is 2. The van der Waals surface area contributed by atoms with Gasteiger partial charge in [-0.2, -0.15) is 0 Å². The Morgan fingerprint density at radius 1 is 0.853 bits per heavy atom. The second-order valence-corrected chi connectivity index (χ2v) is 8.96. The number of amides is 2. The Labute approximate surface area is 204 Å². The molecule has 0 aliphatic carbocycles. The maximum absolute atomic E-state index is 13.7. The molecule has 1 N–H and O–H groups in total. The molecule has 178 valence electrons. The first-order valence-corrected chi connectivity index (χ1v) is 12.2. The van der Waals surface area contributed by atoms with Gasteiger partial charge in [-0.15, -0.1) is 0 Å². The van der Waals surface area contributed by atoms with Crippen molar-refractivity contribution in [1.29, 1.82) is 0 Å². The van der Waals surface area contributed by atoms with Crippen LogP contribution in [0.15, 0.2) is 84.9 Å². The summed E-state index contributed by atoms with van der Waals surface area (Å²) in [5, 5.41) is 3.13. The highest BCUT2D eigenvalue weighted by atomic mass is 16.2. The van der Waals surface area contributed by atoms with Crippen molar-refractivity contribution in [2.24, 2.45) is 0 Å². The maximum atomic E-state index is 13.7. The molecule has 0 heterocycles. The number of aryl methyl sites for hydroxylation is 2. The molecule has 3 rings (SSSR count). The van der Waals surface area contributed by atoms with E-state index in [0.717, 1.165) is 28.7 Å². The molecule has 2 amide bonds. The number of nitrogens with zero attached hydrogens (tertiary/aromatic N) is 1. The first-order chi connectivity index (χ1) is 16.5. The van der Waals surface area contributed by atoms with Crippen molar-refractivity contribution >= 4 is 11.8 Å². The topological polar surface area (TPSA) is 49.4 Å². The van der Waals surface area contributed by atoms with E-state index < -0.39 is 6.04 Å². The van der Waals surface area contributed by atoms with Gasteiger partial charge in [-0.3, -0.25) is 9.59 Å². The van der Waals surface area contributed by atoms with Gasteiger partial charge in [0.1, 0.15) is 6.04 Å². The lowest BCUT2D eigenvalue weighted by atomic mass is 10.00. The fraction of sp³-hybridized carbons (Fsp3) is 0.333. The summed E-state index contributed by atoms with van der Waals surface area (Å²) in [6.45, 7) is 6.51. The van der Waals surface area contributed by atoms with Gasteiger partial charge in [0.25, 0.3) is 0 Å². The number of nitrogens with one attached hydrogen (secondary N) is 1. The predicted octanol–water partition coefficient (Wildman–Crippen LogP) is 5.48. The zero-order chi connectivity index (χ0) is 24.3. The summed E-state index contributed by atoms with van der Waals surface area (Å²) in [5.41, 5.74) is 4.34. The molecule has 0 bridgehead atoms. The molecule has 2 atom stereocenters. The highest BCUT2D eigenvalue weighted by Gasteiger charge is 2.31. The molecule has 0 aliphatic heterocycles. The van der Waals surface area contributed by atoms with Crippen LogP contribution in [0, 0.1) is 6.92 Å². The van der Waals surface area contributed by atoms with Crippen molar-refractivity contribution < 1.29 is 9.59 Å². The zero-order valence-corrected chi connectivity index (χ0v) is 20.5. The van der Waals surface area contributed by atoms with Crippen molar-refractivity contribution in [3.8, 4) is 0 Å². The Kier molecular flexibility index (Phi) is 9.45. The van der Waals surface area contributed by atoms with Crippen molar-refractivity contribution in [2.75, 3.05) is 0 Å². The van der Waals surface area contributed by atoms with Crippen LogP contribution in [0.4, 0.5) is 0 Å². The predicted molar refractivity (Wildman–Crippen MR) is 138 cm³/mol. The van der Waals surface area contributed by atoms with Gasteiger partial charge in [0, 0.05) is 25.4 Å². The Balaban J connectivity index is 1.92. The van der Waals surface area contributed by atoms with E-state index in [1.54, 1.807) is 4.90 Å². The monoisotopic (exact) mass is 456 g/mol. The minimum absolute atomic E-state index is 0.00709. The summed E-state index contributed by atoms with van der Waals surface area (Å²) in [5.74, 6) is -0.104. The van der Waals surface area contributed by atoms with E-state index in [0.29, 0.717) is 25.8 Å². The van der Waals surface area contributed by atoms with E-state index in [4.69, 9.17) is 0 Å². The average molecular weight is 457 g/mol. The fourth-order valence-corrected chi connectivity index (χ4v) is 4.01. The first-order valence-electron chi connectivity index (χ1n) is 12.2. The molecule has 0 aliphatic rings. The Morgan fingerprint density at radius 2 is 1.44 bits per heavy atom. The van der Waals surface area contributed by atoms with E-state index >= 15 is 0 Å². The molecular weight excluding hydrogens is 420 g/mol. The van der Waals surface area contributed by atoms with E-state index in [9.17, 15) is 9.59 Å². The molecule has 0 fully saturated rings. The summed E-state index contributed by atoms with van der Waals surface area (Å²) in [7, 11) is 0. The van der Waals surface area contributed by atoms with Crippen molar-refractivity contribution in [3.63, 3.8) is 0 Å². The van der Waals surface area contributed by atoms with Crippen LogP contribution in [0.25, 0.3) is 0 Å². The number of rotatable bonds is 11. The molecule has 0 saturated carbocycles. The van der Waals surface area contributed by atoms with Gasteiger partial charge in [-0.1, -0.05) is 91.9 Å². The van der Waals surface area contributed by atoms with Gasteiger partial charge < -0.3 is 10.2 Å². The van der Waals surface area contributed by atoms with Gasteiger partial charge in [-0.05, 0) is 48.9 Å². The second-order valence-electron chi connectivity index (χ2n) is 8.96. The largest absolute Gasteiger partial charge is 0.352 e. The van der Waals surface area contributed by atoms with Crippen LogP contribution in [0.2, 0.25) is 0 Å². The van der Waals surface area contributed by atoms with Gasteiger partial charge in [-0.25, -0.2) is 0 Å². The minimum Gasteiger partial charge on any atom is -0.352 e. The van der Waals surface area contributed by atoms with Crippen LogP contribution >= 0.6 is 0 Å². The summed E-state index contributed by atoms with van der Waals surface area (Å²) < 4.78 is 0. The zero-order valence-electron chi connectivity index (χ0n) is 20.5. The lowest BCUT2D eigenvalue weighted by Gasteiger charge is -2.33. The molecule has 0 radical (unpaired) electrons. The Hall–Kier alpha value is -3.40. The number of benzene rings is 3. The van der Waals surface area contributed by atoms with Crippen LogP contribution in [0.5, 0.6) is 0 Å². The molecule has 0 aromatic heterocycles. The molecule has 0 unspecified atom stereocenters. The first kappa shape index (κ1) is 25.2. The van der Waals surface area contributed by atoms with E-state index in [-0.39, 0.29) is 17.9 Å². The lowest BCUT2D eigenvalue weighted by Crippen LogP contribution is -2.52. The van der Waals surface area contributed by atoms with Crippen LogP contribution in [0.3, 0.4) is 0 Å². The maximum Gasteiger partial charge on any atom is 0.243 e. The summed E-state index contributed by atoms with van der Waals surface area (Å²) >= 11 is 0. The molecular formula is C30H36N2O2. The molecule has 3 aromatic carbocycles. The van der Waals surface area contributed by atoms with Crippen molar-refractivity contribution in [3.05, 3.63) is 107 Å². The molecule has 4 nitrogen and oxygen atoms in total. The molecule has 34 heavy (non-hydrogen) atoms. The molecule has 4 heteroatoms. The SMILES string of the molecule is CC[C@@H](C)NC(=O)[C@H](Cc1ccccc1)N(Cc1ccccc1C)C(=O)CCc1ccccc1. The van der Waals surface area contributed by atoms with Crippen LogP contribution in [-0.2, 0) is 29.0 Å². The van der Waals surface area contributed by atoms with Crippen LogP contribution in [0.1, 0.15) is 48.9 Å². The molecule has 3 aromatic rings. The standard InChI is InChI=1S/C30H36N2O2/c1-4-24(3)31-30(34)28(21-26-16-9-6-10-17-26)32(22-27-18-12-11-13-23(27)2)29(33)20-19-25-14-7-5-8-15-25/h5-18,24,28H,4,19-22H2,1-3H3,(H,31,34)/t24-,28+/m1/s1. The van der Waals surface area contributed by atoms with Crippen molar-refractivity contribution in [2.45, 2.75) is 65.1 Å². The molecule has 0 saturated heterocycles. The summed E-state index contributed by atoms with van der Waals surface area (Å²) in [6.07, 6.45) is 2.32. The highest BCUT2D eigenvalue weighted by molar-refractivity contribution is 5.88. The third-order valence-electron chi connectivity index (χ3n) is 6.34. The second kappa shape index (κ2) is 12.7. The third kappa shape index (κ3) is 7.31. The van der Waals surface area contributed by atoms with E-state index in [1.807, 2.05) is 106 Å². The lowest BCUT2D eigenvalue weighted by molar-refractivity contribution is -0.141. The number of carbonyl (C=O) groups excluding carboxylic acids is 2. The van der Waals surface area contributed by atoms with Gasteiger partial charge in [0.15, 0.2) is 0 Å².